The highest BCUT2D eigenvalue weighted by atomic mass is 32.1. The van der Waals surface area contributed by atoms with Gasteiger partial charge in [0.15, 0.2) is 5.11 Å². The fourth-order valence-electron chi connectivity index (χ4n) is 1.69. The molecule has 2 N–H and O–H groups in total. The van der Waals surface area contributed by atoms with E-state index in [1.165, 1.54) is 6.33 Å². The minimum atomic E-state index is 0.111. The largest absolute Gasteiger partial charge is 0.481 e. The predicted molar refractivity (Wildman–Crippen MR) is 82.8 cm³/mol. The molecule has 0 radical (unpaired) electrons. The van der Waals surface area contributed by atoms with Crippen LogP contribution in [0.15, 0.2) is 42.7 Å². The average molecular weight is 288 g/mol. The van der Waals surface area contributed by atoms with Gasteiger partial charge in [0, 0.05) is 6.07 Å². The van der Waals surface area contributed by atoms with Gasteiger partial charge in [0.2, 0.25) is 5.88 Å². The molecule has 2 rings (SSSR count). The highest BCUT2D eigenvalue weighted by Crippen LogP contribution is 2.13. The Bertz CT molecular complexity index is 576. The maximum absolute atomic E-state index is 5.27. The number of nitrogens with zero attached hydrogens (tertiary/aromatic N) is 2. The number of ether oxygens (including phenoxy) is 1. The van der Waals surface area contributed by atoms with Gasteiger partial charge in [0.25, 0.3) is 0 Å². The fourth-order valence-corrected chi connectivity index (χ4v) is 1.97. The van der Waals surface area contributed by atoms with E-state index in [1.807, 2.05) is 37.3 Å². The molecule has 0 aliphatic rings. The van der Waals surface area contributed by atoms with Crippen molar-refractivity contribution >= 4 is 23.1 Å². The maximum atomic E-state index is 5.27. The van der Waals surface area contributed by atoms with Crippen molar-refractivity contribution in [2.24, 2.45) is 0 Å². The third kappa shape index (κ3) is 3.89. The third-order valence-electron chi connectivity index (χ3n) is 2.74. The van der Waals surface area contributed by atoms with E-state index in [1.54, 1.807) is 13.2 Å². The van der Waals surface area contributed by atoms with Crippen LogP contribution in [0.25, 0.3) is 0 Å². The molecule has 104 valence electrons. The molecule has 0 saturated carbocycles. The Hall–Kier alpha value is -2.21. The number of benzene rings is 1. The van der Waals surface area contributed by atoms with E-state index in [-0.39, 0.29) is 6.04 Å². The molecule has 2 aromatic rings. The van der Waals surface area contributed by atoms with Crippen LogP contribution in [0, 0.1) is 0 Å². The maximum Gasteiger partial charge on any atom is 0.218 e. The summed E-state index contributed by atoms with van der Waals surface area (Å²) in [6.07, 6.45) is 1.42. The number of nitrogens with one attached hydrogen (secondary N) is 2. The second kappa shape index (κ2) is 6.81. The first kappa shape index (κ1) is 14.2. The number of thiocarbonyl (C=S) groups is 1. The Morgan fingerprint density at radius 2 is 2.00 bits per heavy atom. The lowest BCUT2D eigenvalue weighted by molar-refractivity contribution is 0.397. The molecule has 6 heteroatoms. The van der Waals surface area contributed by atoms with Gasteiger partial charge >= 0.3 is 0 Å². The van der Waals surface area contributed by atoms with Crippen LogP contribution in [0.4, 0.5) is 5.82 Å². The molecular formula is C14H16N4OS. The first-order chi connectivity index (χ1) is 9.69. The molecule has 0 fully saturated rings. The number of aromatic nitrogens is 2. The first-order valence-corrected chi connectivity index (χ1v) is 6.58. The zero-order valence-electron chi connectivity index (χ0n) is 11.3. The minimum absolute atomic E-state index is 0.111. The molecule has 1 aromatic heterocycles. The topological polar surface area (TPSA) is 59.1 Å². The van der Waals surface area contributed by atoms with Crippen LogP contribution in [0.3, 0.4) is 0 Å². The highest BCUT2D eigenvalue weighted by molar-refractivity contribution is 7.80. The zero-order chi connectivity index (χ0) is 14.4. The van der Waals surface area contributed by atoms with Crippen molar-refractivity contribution in [2.45, 2.75) is 13.0 Å². The van der Waals surface area contributed by atoms with Crippen LogP contribution in [-0.2, 0) is 0 Å². The molecule has 1 heterocycles. The lowest BCUT2D eigenvalue weighted by Gasteiger charge is -2.17. The average Bonchev–Trinajstić information content (AvgIpc) is 2.48. The molecule has 0 aliphatic carbocycles. The summed E-state index contributed by atoms with van der Waals surface area (Å²) in [5, 5.41) is 6.71. The van der Waals surface area contributed by atoms with Gasteiger partial charge < -0.3 is 15.4 Å². The number of hydrogen-bond acceptors (Lipinski definition) is 4. The van der Waals surface area contributed by atoms with Gasteiger partial charge in [-0.1, -0.05) is 30.3 Å². The Kier molecular flexibility index (Phi) is 4.84. The van der Waals surface area contributed by atoms with E-state index in [4.69, 9.17) is 17.0 Å². The Morgan fingerprint density at radius 3 is 2.70 bits per heavy atom. The summed E-state index contributed by atoms with van der Waals surface area (Å²) >= 11 is 5.27. The summed E-state index contributed by atoms with van der Waals surface area (Å²) in [6.45, 7) is 2.05. The Balaban J connectivity index is 1.95. The van der Waals surface area contributed by atoms with Gasteiger partial charge in [0.1, 0.15) is 12.1 Å². The summed E-state index contributed by atoms with van der Waals surface area (Å²) in [4.78, 5) is 8.01. The van der Waals surface area contributed by atoms with E-state index in [2.05, 4.69) is 20.6 Å². The van der Waals surface area contributed by atoms with Crippen molar-refractivity contribution in [2.75, 3.05) is 12.4 Å². The standard InChI is InChI=1S/C14H16N4OS/c1-10(11-6-4-3-5-7-11)17-14(20)18-12-8-13(19-2)16-9-15-12/h3-10H,1-2H3,(H2,15,16,17,18,20)/t10-/m1/s1. The highest BCUT2D eigenvalue weighted by Gasteiger charge is 2.07. The third-order valence-corrected chi connectivity index (χ3v) is 2.96. The molecule has 1 atom stereocenters. The van der Waals surface area contributed by atoms with Crippen LogP contribution in [0.5, 0.6) is 5.88 Å². The van der Waals surface area contributed by atoms with Gasteiger partial charge in [-0.05, 0) is 24.7 Å². The molecule has 0 saturated heterocycles. The molecule has 0 aliphatic heterocycles. The van der Waals surface area contributed by atoms with Gasteiger partial charge in [0.05, 0.1) is 13.2 Å². The van der Waals surface area contributed by atoms with Crippen LogP contribution in [-0.4, -0.2) is 22.2 Å². The van der Waals surface area contributed by atoms with Gasteiger partial charge in [-0.25, -0.2) is 9.97 Å². The second-order valence-electron chi connectivity index (χ2n) is 4.18. The van der Waals surface area contributed by atoms with Gasteiger partial charge in [-0.15, -0.1) is 0 Å². The van der Waals surface area contributed by atoms with Gasteiger partial charge in [-0.3, -0.25) is 0 Å². The van der Waals surface area contributed by atoms with E-state index in [0.717, 1.165) is 5.56 Å². The predicted octanol–water partition coefficient (Wildman–Crippen LogP) is 2.53. The van der Waals surface area contributed by atoms with Crippen molar-refractivity contribution < 1.29 is 4.74 Å². The molecule has 0 bridgehead atoms. The van der Waals surface area contributed by atoms with Crippen LogP contribution in [0.2, 0.25) is 0 Å². The van der Waals surface area contributed by atoms with E-state index in [9.17, 15) is 0 Å². The van der Waals surface area contributed by atoms with Crippen molar-refractivity contribution in [3.8, 4) is 5.88 Å². The molecule has 1 aromatic carbocycles. The monoisotopic (exact) mass is 288 g/mol. The first-order valence-electron chi connectivity index (χ1n) is 6.17. The summed E-state index contributed by atoms with van der Waals surface area (Å²) in [6, 6.07) is 11.9. The van der Waals surface area contributed by atoms with Crippen LogP contribution in [0.1, 0.15) is 18.5 Å². The molecule has 0 spiro atoms. The number of rotatable bonds is 4. The molecule has 5 nitrogen and oxygen atoms in total. The quantitative estimate of drug-likeness (QED) is 0.843. The van der Waals surface area contributed by atoms with Crippen molar-refractivity contribution in [3.63, 3.8) is 0 Å². The fraction of sp³-hybridized carbons (Fsp3) is 0.214. The van der Waals surface area contributed by atoms with E-state index in [0.29, 0.717) is 16.8 Å². The lowest BCUT2D eigenvalue weighted by atomic mass is 10.1. The van der Waals surface area contributed by atoms with E-state index >= 15 is 0 Å². The smallest absolute Gasteiger partial charge is 0.218 e. The molecular weight excluding hydrogens is 272 g/mol. The summed E-state index contributed by atoms with van der Waals surface area (Å²) in [5.74, 6) is 1.08. The summed E-state index contributed by atoms with van der Waals surface area (Å²) in [5.41, 5.74) is 1.16. The van der Waals surface area contributed by atoms with Gasteiger partial charge in [-0.2, -0.15) is 0 Å². The summed E-state index contributed by atoms with van der Waals surface area (Å²) in [7, 11) is 1.56. The molecule has 0 unspecified atom stereocenters. The van der Waals surface area contributed by atoms with Crippen LogP contribution >= 0.6 is 12.2 Å². The van der Waals surface area contributed by atoms with Crippen molar-refractivity contribution in [1.82, 2.24) is 15.3 Å². The summed E-state index contributed by atoms with van der Waals surface area (Å²) < 4.78 is 5.03. The molecule has 20 heavy (non-hydrogen) atoms. The van der Waals surface area contributed by atoms with E-state index < -0.39 is 0 Å². The van der Waals surface area contributed by atoms with Crippen molar-refractivity contribution in [1.29, 1.82) is 0 Å². The second-order valence-corrected chi connectivity index (χ2v) is 4.58. The minimum Gasteiger partial charge on any atom is -0.481 e. The number of methoxy groups -OCH3 is 1. The normalized spacial score (nSPS) is 11.5. The zero-order valence-corrected chi connectivity index (χ0v) is 12.1. The Labute approximate surface area is 123 Å². The van der Waals surface area contributed by atoms with Crippen molar-refractivity contribution in [3.05, 3.63) is 48.3 Å². The Morgan fingerprint density at radius 1 is 1.25 bits per heavy atom. The molecule has 0 amide bonds. The van der Waals surface area contributed by atoms with Crippen LogP contribution < -0.4 is 15.4 Å². The lowest BCUT2D eigenvalue weighted by Crippen LogP contribution is -2.31. The number of hydrogen-bond donors (Lipinski definition) is 2. The number of anilines is 1. The SMILES string of the molecule is COc1cc(NC(=S)N[C@H](C)c2ccccc2)ncn1.